The lowest BCUT2D eigenvalue weighted by atomic mass is 9.95. The number of H-pyrrole nitrogens is 1. The smallest absolute Gasteiger partial charge is 0.267 e. The van der Waals surface area contributed by atoms with E-state index in [0.717, 1.165) is 30.0 Å². The molecule has 2 amide bonds. The summed E-state index contributed by atoms with van der Waals surface area (Å²) in [5, 5.41) is 4.18. The molecule has 1 atom stereocenters. The molecule has 0 saturated carbocycles. The molecule has 0 aliphatic carbocycles. The first-order valence-electron chi connectivity index (χ1n) is 10.8. The first kappa shape index (κ1) is 21.6. The second-order valence-corrected chi connectivity index (χ2v) is 8.17. The quantitative estimate of drug-likeness (QED) is 0.590. The third-order valence-electron chi connectivity index (χ3n) is 5.97. The Kier molecular flexibility index (Phi) is 6.25. The Hall–Kier alpha value is -3.62. The molecule has 0 radical (unpaired) electrons. The molecule has 9 heteroatoms. The number of nitrogens with zero attached hydrogens (tertiary/aromatic N) is 4. The summed E-state index contributed by atoms with van der Waals surface area (Å²) in [5.74, 6) is 1.04. The first-order chi connectivity index (χ1) is 15.5. The lowest BCUT2D eigenvalue weighted by Gasteiger charge is -2.33. The van der Waals surface area contributed by atoms with Crippen LogP contribution in [0.1, 0.15) is 42.0 Å². The molecule has 1 aromatic carbocycles. The number of piperidine rings is 1. The normalized spacial score (nSPS) is 15.5. The first-order valence-corrected chi connectivity index (χ1v) is 10.8. The van der Waals surface area contributed by atoms with Gasteiger partial charge in [0.1, 0.15) is 23.0 Å². The van der Waals surface area contributed by atoms with Gasteiger partial charge in [-0.3, -0.25) is 14.3 Å². The van der Waals surface area contributed by atoms with Crippen LogP contribution >= 0.6 is 0 Å². The van der Waals surface area contributed by atoms with Crippen molar-refractivity contribution in [2.75, 3.05) is 20.2 Å². The number of rotatable bonds is 7. The Morgan fingerprint density at radius 2 is 1.97 bits per heavy atom. The number of benzene rings is 1. The molecule has 0 unspecified atom stereocenters. The third-order valence-corrected chi connectivity index (χ3v) is 5.97. The highest BCUT2D eigenvalue weighted by Crippen LogP contribution is 2.31. The number of hydrogen-bond donors (Lipinski definition) is 2. The minimum Gasteiger partial charge on any atom is -0.497 e. The van der Waals surface area contributed by atoms with E-state index >= 15 is 0 Å². The number of carbonyl (C=O) groups is 2. The highest BCUT2D eigenvalue weighted by molar-refractivity contribution is 5.97. The van der Waals surface area contributed by atoms with Gasteiger partial charge in [-0.1, -0.05) is 6.92 Å². The van der Waals surface area contributed by atoms with Gasteiger partial charge in [-0.2, -0.15) is 5.10 Å². The molecule has 4 rings (SSSR count). The van der Waals surface area contributed by atoms with Crippen molar-refractivity contribution in [3.8, 4) is 17.0 Å². The van der Waals surface area contributed by atoms with Crippen LogP contribution in [0.3, 0.4) is 0 Å². The van der Waals surface area contributed by atoms with E-state index in [1.165, 1.54) is 0 Å². The molecule has 0 bridgehead atoms. The predicted molar refractivity (Wildman–Crippen MR) is 119 cm³/mol. The molecule has 1 saturated heterocycles. The van der Waals surface area contributed by atoms with E-state index in [9.17, 15) is 9.59 Å². The molecule has 2 aromatic heterocycles. The summed E-state index contributed by atoms with van der Waals surface area (Å²) < 4.78 is 6.98. The summed E-state index contributed by atoms with van der Waals surface area (Å²) in [4.78, 5) is 34.6. The molecule has 9 nitrogen and oxygen atoms in total. The number of nitrogens with one attached hydrogen (secondary N) is 1. The fourth-order valence-electron chi connectivity index (χ4n) is 4.17. The second kappa shape index (κ2) is 9.25. The zero-order chi connectivity index (χ0) is 22.7. The highest BCUT2D eigenvalue weighted by Gasteiger charge is 2.29. The average molecular weight is 437 g/mol. The van der Waals surface area contributed by atoms with Gasteiger partial charge in [0.15, 0.2) is 0 Å². The summed E-state index contributed by atoms with van der Waals surface area (Å²) in [6.07, 6.45) is 5.12. The van der Waals surface area contributed by atoms with Gasteiger partial charge in [0.05, 0.1) is 19.6 Å². The van der Waals surface area contributed by atoms with Crippen LogP contribution in [0, 0.1) is 5.92 Å². The minimum absolute atomic E-state index is 0.130. The van der Waals surface area contributed by atoms with Crippen LogP contribution in [-0.2, 0) is 11.3 Å². The van der Waals surface area contributed by atoms with E-state index < -0.39 is 5.91 Å². The molecule has 1 aliphatic rings. The van der Waals surface area contributed by atoms with E-state index in [-0.39, 0.29) is 17.7 Å². The van der Waals surface area contributed by atoms with E-state index in [1.807, 2.05) is 48.4 Å². The Labute approximate surface area is 186 Å². The second-order valence-electron chi connectivity index (χ2n) is 8.17. The van der Waals surface area contributed by atoms with Crippen LogP contribution in [0.2, 0.25) is 0 Å². The topological polar surface area (TPSA) is 119 Å². The standard InChI is InChI=1S/C23H28N6O3/c1-15(14-29-11-3-10-25-29)23(31)28-12-8-17(9-13-28)22-26-19(20(27-22)21(24)30)16-4-6-18(32-2)7-5-16/h3-7,10-11,15,17H,8-9,12-14H2,1-2H3,(H2,24,30)(H,26,27)/t15-/m1/s1. The number of nitrogens with two attached hydrogens (primary N) is 1. The van der Waals surface area contributed by atoms with E-state index in [1.54, 1.807) is 18.0 Å². The van der Waals surface area contributed by atoms with Crippen LogP contribution < -0.4 is 10.5 Å². The van der Waals surface area contributed by atoms with Crippen molar-refractivity contribution in [3.63, 3.8) is 0 Å². The van der Waals surface area contributed by atoms with Gasteiger partial charge in [0.25, 0.3) is 5.91 Å². The molecule has 3 heterocycles. The van der Waals surface area contributed by atoms with Gasteiger partial charge in [-0.15, -0.1) is 0 Å². The molecule has 3 N–H and O–H groups in total. The number of primary amides is 1. The molecule has 3 aromatic rings. The molecule has 32 heavy (non-hydrogen) atoms. The molecular weight excluding hydrogens is 408 g/mol. The van der Waals surface area contributed by atoms with Crippen LogP contribution in [0.15, 0.2) is 42.7 Å². The van der Waals surface area contributed by atoms with Crippen molar-refractivity contribution in [2.45, 2.75) is 32.2 Å². The predicted octanol–water partition coefficient (Wildman–Crippen LogP) is 2.42. The van der Waals surface area contributed by atoms with Crippen molar-refractivity contribution < 1.29 is 14.3 Å². The number of hydrogen-bond acceptors (Lipinski definition) is 5. The van der Waals surface area contributed by atoms with Crippen LogP contribution in [0.25, 0.3) is 11.3 Å². The van der Waals surface area contributed by atoms with E-state index in [0.29, 0.717) is 31.0 Å². The van der Waals surface area contributed by atoms with Gasteiger partial charge in [-0.05, 0) is 43.2 Å². The SMILES string of the molecule is COc1ccc(-c2nc(C3CCN(C(=O)[C@H](C)Cn4cccn4)CC3)[nH]c2C(N)=O)cc1. The van der Waals surface area contributed by atoms with Crippen LogP contribution in [0.4, 0.5) is 0 Å². The van der Waals surface area contributed by atoms with Gasteiger partial charge in [0, 0.05) is 37.0 Å². The summed E-state index contributed by atoms with van der Waals surface area (Å²) in [5.41, 5.74) is 7.25. The maximum Gasteiger partial charge on any atom is 0.267 e. The maximum atomic E-state index is 12.8. The maximum absolute atomic E-state index is 12.8. The Morgan fingerprint density at radius 3 is 2.56 bits per heavy atom. The van der Waals surface area contributed by atoms with Crippen LogP contribution in [-0.4, -0.2) is 56.7 Å². The molecule has 168 valence electrons. The number of amides is 2. The van der Waals surface area contributed by atoms with E-state index in [2.05, 4.69) is 10.1 Å². The number of likely N-dealkylation sites (tertiary alicyclic amines) is 1. The number of methoxy groups -OCH3 is 1. The number of carbonyl (C=O) groups excluding carboxylic acids is 2. The lowest BCUT2D eigenvalue weighted by molar-refractivity contribution is -0.136. The van der Waals surface area contributed by atoms with Crippen LogP contribution in [0.5, 0.6) is 5.75 Å². The fraction of sp³-hybridized carbons (Fsp3) is 0.391. The Morgan fingerprint density at radius 1 is 1.25 bits per heavy atom. The van der Waals surface area contributed by atoms with Gasteiger partial charge < -0.3 is 20.4 Å². The number of imidazole rings is 1. The number of aromatic nitrogens is 4. The summed E-state index contributed by atoms with van der Waals surface area (Å²) in [6.45, 7) is 3.80. The zero-order valence-electron chi connectivity index (χ0n) is 18.3. The van der Waals surface area contributed by atoms with Crippen molar-refractivity contribution in [2.24, 2.45) is 11.7 Å². The summed E-state index contributed by atoms with van der Waals surface area (Å²) in [7, 11) is 1.60. The molecular formula is C23H28N6O3. The summed E-state index contributed by atoms with van der Waals surface area (Å²) >= 11 is 0. The third kappa shape index (κ3) is 4.51. The van der Waals surface area contributed by atoms with Gasteiger partial charge in [0.2, 0.25) is 5.91 Å². The largest absolute Gasteiger partial charge is 0.497 e. The number of aromatic amines is 1. The molecule has 1 aliphatic heterocycles. The average Bonchev–Trinajstić information content (AvgIpc) is 3.49. The van der Waals surface area contributed by atoms with Crippen molar-refractivity contribution >= 4 is 11.8 Å². The van der Waals surface area contributed by atoms with Gasteiger partial charge in [-0.25, -0.2) is 4.98 Å². The van der Waals surface area contributed by atoms with E-state index in [4.69, 9.17) is 15.5 Å². The lowest BCUT2D eigenvalue weighted by Crippen LogP contribution is -2.41. The van der Waals surface area contributed by atoms with Crippen molar-refractivity contribution in [1.82, 2.24) is 24.6 Å². The zero-order valence-corrected chi connectivity index (χ0v) is 18.3. The number of ether oxygens (including phenoxy) is 1. The van der Waals surface area contributed by atoms with Crippen molar-refractivity contribution in [1.29, 1.82) is 0 Å². The summed E-state index contributed by atoms with van der Waals surface area (Å²) in [6, 6.07) is 9.21. The fourth-order valence-corrected chi connectivity index (χ4v) is 4.17. The molecule has 0 spiro atoms. The van der Waals surface area contributed by atoms with Crippen molar-refractivity contribution in [3.05, 3.63) is 54.2 Å². The Bertz CT molecular complexity index is 1070. The molecule has 1 fully saturated rings. The minimum atomic E-state index is -0.547. The monoisotopic (exact) mass is 436 g/mol. The van der Waals surface area contributed by atoms with Gasteiger partial charge >= 0.3 is 0 Å². The highest BCUT2D eigenvalue weighted by atomic mass is 16.5. The Balaban J connectivity index is 1.44.